The van der Waals surface area contributed by atoms with Crippen molar-refractivity contribution in [3.8, 4) is 0 Å². The summed E-state index contributed by atoms with van der Waals surface area (Å²) in [4.78, 5) is 0. The van der Waals surface area contributed by atoms with Crippen molar-refractivity contribution in [1.82, 2.24) is 0 Å². The molecule has 0 amide bonds. The van der Waals surface area contributed by atoms with Crippen LogP contribution in [-0.2, 0) is 4.57 Å². The van der Waals surface area contributed by atoms with Gasteiger partial charge in [0, 0.05) is 10.6 Å². The largest absolute Gasteiger partial charge is 0.313 e. The summed E-state index contributed by atoms with van der Waals surface area (Å²) in [5, 5.41) is 1.77. The summed E-state index contributed by atoms with van der Waals surface area (Å²) in [5.74, 6) is 0. The van der Waals surface area contributed by atoms with Crippen molar-refractivity contribution in [1.29, 1.82) is 0 Å². The predicted molar refractivity (Wildman–Crippen MR) is 93.2 cm³/mol. The Morgan fingerprint density at radius 1 is 0.750 bits per heavy atom. The molecule has 2 aromatic carbocycles. The molecule has 1 fully saturated rings. The van der Waals surface area contributed by atoms with Gasteiger partial charge in [0.25, 0.3) is 0 Å². The average Bonchev–Trinajstić information content (AvgIpc) is 2.95. The van der Waals surface area contributed by atoms with Crippen LogP contribution in [0.1, 0.15) is 0 Å². The SMILES string of the molecule is O=P([C]1[CH][CH][CH][C]1I)(c1ccccc1)c1ccccc1. The first-order valence-electron chi connectivity index (χ1n) is 6.36. The molecule has 3 heteroatoms. The van der Waals surface area contributed by atoms with Crippen molar-refractivity contribution in [3.05, 3.63) is 89.5 Å². The van der Waals surface area contributed by atoms with Gasteiger partial charge in [0.05, 0.1) is 9.58 Å². The molecule has 0 saturated heterocycles. The molecule has 0 spiro atoms. The minimum absolute atomic E-state index is 0.885. The third kappa shape index (κ3) is 2.48. The minimum atomic E-state index is -2.77. The van der Waals surface area contributed by atoms with Crippen LogP contribution in [0, 0.1) is 28.8 Å². The average molecular weight is 391 g/mol. The Morgan fingerprint density at radius 2 is 1.25 bits per heavy atom. The van der Waals surface area contributed by atoms with E-state index >= 15 is 0 Å². The molecule has 0 atom stereocenters. The normalized spacial score (nSPS) is 17.4. The highest BCUT2D eigenvalue weighted by molar-refractivity contribution is 14.1. The maximum atomic E-state index is 13.9. The van der Waals surface area contributed by atoms with Gasteiger partial charge in [-0.05, 0) is 19.3 Å². The quantitative estimate of drug-likeness (QED) is 0.568. The molecule has 0 N–H and O–H groups in total. The summed E-state index contributed by atoms with van der Waals surface area (Å²) >= 11 is 2.26. The lowest BCUT2D eigenvalue weighted by Crippen LogP contribution is -2.21. The van der Waals surface area contributed by atoms with Crippen molar-refractivity contribution in [2.45, 2.75) is 0 Å². The molecule has 5 radical (unpaired) electrons. The van der Waals surface area contributed by atoms with Crippen LogP contribution in [0.25, 0.3) is 0 Å². The monoisotopic (exact) mass is 391 g/mol. The lowest BCUT2D eigenvalue weighted by atomic mass is 10.3. The van der Waals surface area contributed by atoms with Crippen LogP contribution >= 0.6 is 29.7 Å². The van der Waals surface area contributed by atoms with Crippen LogP contribution in [-0.4, -0.2) is 0 Å². The summed E-state index contributed by atoms with van der Waals surface area (Å²) in [5.41, 5.74) is 0.926. The number of halogens is 1. The molecule has 2 aromatic rings. The summed E-state index contributed by atoms with van der Waals surface area (Å²) < 4.78 is 14.9. The van der Waals surface area contributed by atoms with Gasteiger partial charge >= 0.3 is 0 Å². The van der Waals surface area contributed by atoms with E-state index in [4.69, 9.17) is 0 Å². The first-order valence-corrected chi connectivity index (χ1v) is 9.14. The van der Waals surface area contributed by atoms with Crippen LogP contribution in [0.4, 0.5) is 0 Å². The highest BCUT2D eigenvalue weighted by atomic mass is 127. The van der Waals surface area contributed by atoms with Gasteiger partial charge in [-0.3, -0.25) is 0 Å². The molecular weight excluding hydrogens is 378 g/mol. The maximum Gasteiger partial charge on any atom is 0.151 e. The standard InChI is InChI=1S/C17H13IOP/c18-16-12-7-13-17(16)20(19,14-8-3-1-4-9-14)15-10-5-2-6-11-15/h1-13H. The zero-order valence-corrected chi connectivity index (χ0v) is 13.8. The zero-order chi connectivity index (χ0) is 14.0. The van der Waals surface area contributed by atoms with Crippen molar-refractivity contribution in [2.24, 2.45) is 0 Å². The van der Waals surface area contributed by atoms with Gasteiger partial charge in [-0.2, -0.15) is 0 Å². The molecular formula is C17H13IOP. The number of hydrogen-bond acceptors (Lipinski definition) is 1. The fraction of sp³-hybridized carbons (Fsp3) is 0. The lowest BCUT2D eigenvalue weighted by molar-refractivity contribution is 0.588. The Balaban J connectivity index is 2.16. The minimum Gasteiger partial charge on any atom is -0.313 e. The van der Waals surface area contributed by atoms with E-state index in [1.165, 1.54) is 0 Å². The molecule has 0 aliphatic heterocycles. The van der Waals surface area contributed by atoms with E-state index in [9.17, 15) is 4.57 Å². The first-order chi connectivity index (χ1) is 9.73. The summed E-state index contributed by atoms with van der Waals surface area (Å²) in [6.45, 7) is 0. The van der Waals surface area contributed by atoms with Gasteiger partial charge in [-0.25, -0.2) is 0 Å². The molecule has 99 valence electrons. The molecule has 1 aliphatic carbocycles. The Kier molecular flexibility index (Phi) is 4.32. The number of rotatable bonds is 3. The van der Waals surface area contributed by atoms with Crippen molar-refractivity contribution < 1.29 is 4.57 Å². The molecule has 3 rings (SSSR count). The van der Waals surface area contributed by atoms with Crippen molar-refractivity contribution in [3.63, 3.8) is 0 Å². The number of benzene rings is 2. The van der Waals surface area contributed by atoms with E-state index < -0.39 is 7.14 Å². The van der Waals surface area contributed by atoms with Gasteiger partial charge in [0.2, 0.25) is 0 Å². The molecule has 0 heterocycles. The second kappa shape index (κ2) is 6.03. The predicted octanol–water partition coefficient (Wildman–Crippen LogP) is 4.13. The van der Waals surface area contributed by atoms with E-state index in [1.807, 2.05) is 79.9 Å². The van der Waals surface area contributed by atoms with E-state index in [1.54, 1.807) is 0 Å². The third-order valence-corrected chi connectivity index (χ3v) is 7.81. The van der Waals surface area contributed by atoms with Crippen molar-refractivity contribution in [2.75, 3.05) is 0 Å². The van der Waals surface area contributed by atoms with Crippen LogP contribution in [0.5, 0.6) is 0 Å². The molecule has 1 nitrogen and oxygen atoms in total. The molecule has 0 aromatic heterocycles. The smallest absolute Gasteiger partial charge is 0.151 e. The summed E-state index contributed by atoms with van der Waals surface area (Å²) in [7, 11) is -2.77. The second-order valence-electron chi connectivity index (χ2n) is 4.54. The zero-order valence-electron chi connectivity index (χ0n) is 10.7. The molecule has 1 saturated carbocycles. The Bertz CT molecular complexity index is 568. The van der Waals surface area contributed by atoms with Gasteiger partial charge in [0.1, 0.15) is 0 Å². The second-order valence-corrected chi connectivity index (χ2v) is 8.43. The molecule has 1 aliphatic rings. The molecule has 0 unspecified atom stereocenters. The lowest BCUT2D eigenvalue weighted by Gasteiger charge is -2.26. The Morgan fingerprint density at radius 3 is 1.65 bits per heavy atom. The Hall–Kier alpha value is -0.600. The van der Waals surface area contributed by atoms with E-state index in [0.717, 1.165) is 20.2 Å². The fourth-order valence-electron chi connectivity index (χ4n) is 2.35. The van der Waals surface area contributed by atoms with E-state index in [0.29, 0.717) is 0 Å². The van der Waals surface area contributed by atoms with Crippen LogP contribution < -0.4 is 10.6 Å². The highest BCUT2D eigenvalue weighted by Crippen LogP contribution is 2.63. The van der Waals surface area contributed by atoms with Crippen molar-refractivity contribution >= 4 is 40.3 Å². The van der Waals surface area contributed by atoms with Crippen LogP contribution in [0.3, 0.4) is 0 Å². The van der Waals surface area contributed by atoms with Crippen LogP contribution in [0.15, 0.2) is 60.7 Å². The highest BCUT2D eigenvalue weighted by Gasteiger charge is 2.44. The summed E-state index contributed by atoms with van der Waals surface area (Å²) in [6.07, 6.45) is 5.95. The first kappa shape index (κ1) is 14.3. The van der Waals surface area contributed by atoms with Gasteiger partial charge in [-0.15, -0.1) is 0 Å². The summed E-state index contributed by atoms with van der Waals surface area (Å²) in [6, 6.07) is 19.5. The van der Waals surface area contributed by atoms with Gasteiger partial charge in [-0.1, -0.05) is 83.3 Å². The van der Waals surface area contributed by atoms with E-state index in [-0.39, 0.29) is 0 Å². The fourth-order valence-corrected chi connectivity index (χ4v) is 6.46. The third-order valence-electron chi connectivity index (χ3n) is 3.32. The van der Waals surface area contributed by atoms with E-state index in [2.05, 4.69) is 22.6 Å². The van der Waals surface area contributed by atoms with Gasteiger partial charge in [0.15, 0.2) is 7.14 Å². The molecule has 20 heavy (non-hydrogen) atoms. The Labute approximate surface area is 134 Å². The number of hydrogen-bond donors (Lipinski definition) is 0. The van der Waals surface area contributed by atoms with Gasteiger partial charge < -0.3 is 4.57 Å². The van der Waals surface area contributed by atoms with Crippen LogP contribution in [0.2, 0.25) is 0 Å². The topological polar surface area (TPSA) is 17.1 Å². The molecule has 0 bridgehead atoms. The maximum absolute atomic E-state index is 13.9.